The first kappa shape index (κ1) is 31.9. The van der Waals surface area contributed by atoms with Gasteiger partial charge in [0.2, 0.25) is 5.91 Å². The number of methoxy groups -OCH3 is 1. The van der Waals surface area contributed by atoms with Gasteiger partial charge >= 0.3 is 6.03 Å². The van der Waals surface area contributed by atoms with Crippen molar-refractivity contribution in [1.82, 2.24) is 15.2 Å². The minimum atomic E-state index is -0.811. The van der Waals surface area contributed by atoms with E-state index in [1.165, 1.54) is 25.4 Å². The predicted octanol–water partition coefficient (Wildman–Crippen LogP) is 4.79. The van der Waals surface area contributed by atoms with Crippen LogP contribution in [0.25, 0.3) is 10.9 Å². The van der Waals surface area contributed by atoms with Gasteiger partial charge in [-0.25, -0.2) is 9.18 Å². The van der Waals surface area contributed by atoms with Crippen molar-refractivity contribution in [2.75, 3.05) is 51.9 Å². The van der Waals surface area contributed by atoms with Gasteiger partial charge in [-0.1, -0.05) is 23.7 Å². The lowest BCUT2D eigenvalue weighted by Gasteiger charge is -2.28. The quantitative estimate of drug-likeness (QED) is 0.212. The molecule has 3 N–H and O–H groups in total. The van der Waals surface area contributed by atoms with E-state index in [2.05, 4.69) is 20.5 Å². The van der Waals surface area contributed by atoms with Gasteiger partial charge in [-0.3, -0.25) is 20.0 Å². The number of urea groups is 1. The molecule has 236 valence electrons. The molecule has 5 rings (SSSR count). The largest absolute Gasteiger partial charge is 0.493 e. The number of aromatic nitrogens is 1. The van der Waals surface area contributed by atoms with Gasteiger partial charge in [0.1, 0.15) is 18.5 Å². The van der Waals surface area contributed by atoms with Gasteiger partial charge in [-0.2, -0.15) is 0 Å². The first-order chi connectivity index (χ1) is 21.8. The maximum atomic E-state index is 15.1. The van der Waals surface area contributed by atoms with E-state index < -0.39 is 23.9 Å². The maximum absolute atomic E-state index is 15.1. The highest BCUT2D eigenvalue weighted by Gasteiger charge is 2.18. The molecule has 0 aliphatic carbocycles. The number of aliphatic hydroxyl groups excluding tert-OH is 1. The number of carbonyl (C=O) groups excluding carboxylic acids is 2. The van der Waals surface area contributed by atoms with Crippen LogP contribution in [0.3, 0.4) is 0 Å². The van der Waals surface area contributed by atoms with E-state index in [1.54, 1.807) is 42.5 Å². The van der Waals surface area contributed by atoms with Crippen LogP contribution in [0.2, 0.25) is 5.02 Å². The molecule has 0 bridgehead atoms. The number of fused-ring (bicyclic) bond motifs is 1. The molecule has 1 fully saturated rings. The molecule has 13 heteroatoms. The normalized spacial score (nSPS) is 14.0. The molecule has 1 aromatic heterocycles. The van der Waals surface area contributed by atoms with Crippen LogP contribution in [0.4, 0.5) is 14.9 Å². The number of halogens is 2. The minimum absolute atomic E-state index is 0.0507. The number of aliphatic hydroxyl groups is 1. The first-order valence-corrected chi connectivity index (χ1v) is 14.6. The summed E-state index contributed by atoms with van der Waals surface area (Å²) in [5, 5.41) is 16.1. The summed E-state index contributed by atoms with van der Waals surface area (Å²) in [5.74, 6) is -0.314. The van der Waals surface area contributed by atoms with Crippen LogP contribution in [-0.2, 0) is 16.0 Å². The number of hydrogen-bond donors (Lipinski definition) is 3. The summed E-state index contributed by atoms with van der Waals surface area (Å²) in [6.07, 6.45) is 0.747. The van der Waals surface area contributed by atoms with Crippen LogP contribution in [0.5, 0.6) is 23.0 Å². The lowest BCUT2D eigenvalue weighted by Crippen LogP contribution is -2.42. The molecular formula is C32H32ClFN4O7. The molecule has 0 radical (unpaired) electrons. The zero-order valence-corrected chi connectivity index (χ0v) is 25.2. The molecule has 1 saturated heterocycles. The Bertz CT molecular complexity index is 1670. The lowest BCUT2D eigenvalue weighted by atomic mass is 10.1. The van der Waals surface area contributed by atoms with E-state index >= 15 is 4.39 Å². The van der Waals surface area contributed by atoms with Crippen molar-refractivity contribution < 1.29 is 38.0 Å². The molecule has 1 aliphatic rings. The molecule has 1 unspecified atom stereocenters. The fourth-order valence-corrected chi connectivity index (χ4v) is 4.97. The SMILES string of the molecule is COc1cc2c(Oc3ccc(NC(=O)NC(=O)Cc4cccc(Cl)c4)cc3F)ccnc2cc1OCC(O)CN1CCOCC1. The summed E-state index contributed by atoms with van der Waals surface area (Å²) < 4.78 is 37.7. The standard InChI is InChI=1S/C32H32ClFN4O7/c1-42-29-16-24-26(17-30(29)44-19-23(39)18-38-9-11-43-12-10-38)35-8-7-27(24)45-28-6-5-22(15-25(28)34)36-32(41)37-31(40)14-20-3-2-4-21(33)13-20/h2-8,13,15-17,23,39H,9-12,14,18-19H2,1H3,(H2,36,37,40,41). The number of hydrogen-bond acceptors (Lipinski definition) is 9. The zero-order chi connectivity index (χ0) is 31.8. The average molecular weight is 639 g/mol. The summed E-state index contributed by atoms with van der Waals surface area (Å²) in [4.78, 5) is 31.0. The van der Waals surface area contributed by atoms with Gasteiger partial charge in [0, 0.05) is 54.1 Å². The van der Waals surface area contributed by atoms with Crippen LogP contribution in [-0.4, -0.2) is 79.6 Å². The third-order valence-corrected chi connectivity index (χ3v) is 7.14. The average Bonchev–Trinajstić information content (AvgIpc) is 3.01. The van der Waals surface area contributed by atoms with Gasteiger partial charge in [-0.15, -0.1) is 0 Å². The van der Waals surface area contributed by atoms with E-state index in [9.17, 15) is 14.7 Å². The summed E-state index contributed by atoms with van der Waals surface area (Å²) in [6.45, 7) is 3.30. The molecule has 0 saturated carbocycles. The summed E-state index contributed by atoms with van der Waals surface area (Å²) in [5.41, 5.74) is 1.26. The van der Waals surface area contributed by atoms with E-state index in [-0.39, 0.29) is 24.5 Å². The second-order valence-electron chi connectivity index (χ2n) is 10.3. The van der Waals surface area contributed by atoms with E-state index in [4.69, 9.17) is 30.5 Å². The highest BCUT2D eigenvalue weighted by Crippen LogP contribution is 2.38. The Labute approximate surface area is 263 Å². The second-order valence-corrected chi connectivity index (χ2v) is 10.7. The minimum Gasteiger partial charge on any atom is -0.493 e. The number of pyridine rings is 1. The van der Waals surface area contributed by atoms with Crippen molar-refractivity contribution in [2.45, 2.75) is 12.5 Å². The smallest absolute Gasteiger partial charge is 0.325 e. The summed E-state index contributed by atoms with van der Waals surface area (Å²) in [6, 6.07) is 14.7. The van der Waals surface area contributed by atoms with Crippen LogP contribution < -0.4 is 24.8 Å². The maximum Gasteiger partial charge on any atom is 0.325 e. The Hall–Kier alpha value is -4.49. The highest BCUT2D eigenvalue weighted by atomic mass is 35.5. The van der Waals surface area contributed by atoms with Crippen LogP contribution in [0.15, 0.2) is 66.9 Å². The number of ether oxygens (including phenoxy) is 4. The van der Waals surface area contributed by atoms with E-state index in [0.717, 1.165) is 19.2 Å². The van der Waals surface area contributed by atoms with Crippen molar-refractivity contribution in [2.24, 2.45) is 0 Å². The lowest BCUT2D eigenvalue weighted by molar-refractivity contribution is -0.119. The first-order valence-electron chi connectivity index (χ1n) is 14.2. The number of β-amino-alcohol motifs (C(OH)–C–C–N with tert-alkyl or cyclic N) is 1. The fourth-order valence-electron chi connectivity index (χ4n) is 4.76. The number of nitrogens with one attached hydrogen (secondary N) is 2. The van der Waals surface area contributed by atoms with Crippen molar-refractivity contribution in [3.05, 3.63) is 83.3 Å². The fraction of sp³-hybridized carbons (Fsp3) is 0.281. The molecule has 11 nitrogen and oxygen atoms in total. The molecule has 45 heavy (non-hydrogen) atoms. The number of imide groups is 1. The molecule has 4 aromatic rings. The van der Waals surface area contributed by atoms with Gasteiger partial charge < -0.3 is 29.4 Å². The Morgan fingerprint density at radius 3 is 2.64 bits per heavy atom. The van der Waals surface area contributed by atoms with Crippen LogP contribution in [0, 0.1) is 5.82 Å². The summed E-state index contributed by atoms with van der Waals surface area (Å²) in [7, 11) is 1.49. The molecule has 1 atom stereocenters. The third-order valence-electron chi connectivity index (χ3n) is 6.91. The van der Waals surface area contributed by atoms with Crippen molar-refractivity contribution in [3.8, 4) is 23.0 Å². The van der Waals surface area contributed by atoms with Crippen molar-refractivity contribution >= 4 is 40.1 Å². The highest BCUT2D eigenvalue weighted by molar-refractivity contribution is 6.30. The number of anilines is 1. The number of rotatable bonds is 11. The third kappa shape index (κ3) is 8.79. The molecule has 1 aliphatic heterocycles. The number of carbonyl (C=O) groups is 2. The van der Waals surface area contributed by atoms with Crippen LogP contribution >= 0.6 is 11.6 Å². The predicted molar refractivity (Wildman–Crippen MR) is 166 cm³/mol. The zero-order valence-electron chi connectivity index (χ0n) is 24.4. The molecule has 2 heterocycles. The molecule has 0 spiro atoms. The number of nitrogens with zero attached hydrogens (tertiary/aromatic N) is 2. The van der Waals surface area contributed by atoms with Gasteiger partial charge in [0.15, 0.2) is 23.1 Å². The Morgan fingerprint density at radius 1 is 1.07 bits per heavy atom. The number of amides is 3. The van der Waals surface area contributed by atoms with Crippen LogP contribution in [0.1, 0.15) is 5.56 Å². The van der Waals surface area contributed by atoms with Gasteiger partial charge in [0.25, 0.3) is 0 Å². The summed E-state index contributed by atoms with van der Waals surface area (Å²) >= 11 is 5.93. The topological polar surface area (TPSA) is 131 Å². The second kappa shape index (κ2) is 15.0. The molecular weight excluding hydrogens is 607 g/mol. The number of benzene rings is 3. The Kier molecular flexibility index (Phi) is 10.6. The molecule has 3 aromatic carbocycles. The number of morpholine rings is 1. The van der Waals surface area contributed by atoms with E-state index in [1.807, 2.05) is 0 Å². The monoisotopic (exact) mass is 638 g/mol. The molecule has 3 amide bonds. The van der Waals surface area contributed by atoms with E-state index in [0.29, 0.717) is 58.5 Å². The van der Waals surface area contributed by atoms with Crippen molar-refractivity contribution in [3.63, 3.8) is 0 Å². The van der Waals surface area contributed by atoms with Gasteiger partial charge in [-0.05, 0) is 42.0 Å². The van der Waals surface area contributed by atoms with Crippen molar-refractivity contribution in [1.29, 1.82) is 0 Å². The Balaban J connectivity index is 1.21. The van der Waals surface area contributed by atoms with Gasteiger partial charge in [0.05, 0.1) is 32.3 Å². The Morgan fingerprint density at radius 2 is 1.89 bits per heavy atom.